The third-order valence-corrected chi connectivity index (χ3v) is 4.87. The first kappa shape index (κ1) is 18.0. The average molecular weight is 397 g/mol. The van der Waals surface area contributed by atoms with Gasteiger partial charge in [0.05, 0.1) is 17.0 Å². The number of para-hydroxylation sites is 1. The lowest BCUT2D eigenvalue weighted by Crippen LogP contribution is -2.23. The highest BCUT2D eigenvalue weighted by Gasteiger charge is 2.16. The Hall–Kier alpha value is -3.40. The van der Waals surface area contributed by atoms with E-state index in [4.69, 9.17) is 4.42 Å². The fraction of sp³-hybridized carbons (Fsp3) is 0.167. The van der Waals surface area contributed by atoms with Crippen molar-refractivity contribution in [2.75, 3.05) is 0 Å². The van der Waals surface area contributed by atoms with Crippen molar-refractivity contribution in [1.29, 1.82) is 0 Å². The minimum atomic E-state index is -0.588. The predicted octanol–water partition coefficient (Wildman–Crippen LogP) is 3.72. The standard InChI is InChI=1S/C18H15N5O4S/c1-2-10-21-16(24)13-5-3-4-6-14(13)22-17(21)19-20-18(22)28-11-9-12-7-8-15(27-12)23(25)26/h3-9,11H,2,10H2,1H3/b11-9+. The fourth-order valence-electron chi connectivity index (χ4n) is 2.93. The quantitative estimate of drug-likeness (QED) is 0.277. The van der Waals surface area contributed by atoms with Crippen LogP contribution in [0.15, 0.2) is 56.2 Å². The van der Waals surface area contributed by atoms with Crippen LogP contribution in [-0.2, 0) is 6.54 Å². The van der Waals surface area contributed by atoms with E-state index in [9.17, 15) is 14.9 Å². The number of hydrogen-bond acceptors (Lipinski definition) is 7. The molecule has 0 aliphatic carbocycles. The Kier molecular flexibility index (Phi) is 4.70. The first-order chi connectivity index (χ1) is 13.6. The summed E-state index contributed by atoms with van der Waals surface area (Å²) in [5, 5.41) is 22.0. The van der Waals surface area contributed by atoms with E-state index in [1.807, 2.05) is 29.5 Å². The molecule has 3 aromatic heterocycles. The van der Waals surface area contributed by atoms with Crippen LogP contribution in [0, 0.1) is 10.1 Å². The second-order valence-corrected chi connectivity index (χ2v) is 6.82. The molecule has 0 atom stereocenters. The molecule has 0 saturated heterocycles. The summed E-state index contributed by atoms with van der Waals surface area (Å²) in [6.45, 7) is 2.54. The van der Waals surface area contributed by atoms with Crippen LogP contribution in [-0.4, -0.2) is 24.1 Å². The number of aromatic nitrogens is 4. The number of nitrogens with zero attached hydrogens (tertiary/aromatic N) is 5. The zero-order valence-electron chi connectivity index (χ0n) is 14.8. The molecule has 4 rings (SSSR count). The van der Waals surface area contributed by atoms with E-state index in [1.165, 1.54) is 23.9 Å². The summed E-state index contributed by atoms with van der Waals surface area (Å²) in [7, 11) is 0. The number of nitro groups is 1. The third-order valence-electron chi connectivity index (χ3n) is 4.12. The van der Waals surface area contributed by atoms with E-state index in [0.717, 1.165) is 11.9 Å². The number of aryl methyl sites for hydroxylation is 1. The van der Waals surface area contributed by atoms with Gasteiger partial charge in [-0.05, 0) is 36.1 Å². The van der Waals surface area contributed by atoms with Crippen LogP contribution in [0.25, 0.3) is 22.8 Å². The molecule has 0 spiro atoms. The molecule has 142 valence electrons. The molecule has 0 saturated carbocycles. The zero-order chi connectivity index (χ0) is 19.7. The molecule has 0 bridgehead atoms. The van der Waals surface area contributed by atoms with E-state index in [2.05, 4.69) is 10.2 Å². The Morgan fingerprint density at radius 3 is 2.82 bits per heavy atom. The van der Waals surface area contributed by atoms with Crippen molar-refractivity contribution < 1.29 is 9.34 Å². The van der Waals surface area contributed by atoms with E-state index < -0.39 is 4.92 Å². The van der Waals surface area contributed by atoms with Crippen molar-refractivity contribution in [3.05, 3.63) is 68.0 Å². The van der Waals surface area contributed by atoms with Gasteiger partial charge in [-0.15, -0.1) is 10.2 Å². The van der Waals surface area contributed by atoms with Gasteiger partial charge in [-0.3, -0.25) is 23.9 Å². The second-order valence-electron chi connectivity index (χ2n) is 5.95. The normalized spacial score (nSPS) is 11.8. The summed E-state index contributed by atoms with van der Waals surface area (Å²) >= 11 is 1.28. The van der Waals surface area contributed by atoms with Crippen molar-refractivity contribution in [3.63, 3.8) is 0 Å². The van der Waals surface area contributed by atoms with Crippen LogP contribution < -0.4 is 5.56 Å². The van der Waals surface area contributed by atoms with Gasteiger partial charge in [0.25, 0.3) is 5.56 Å². The Bertz CT molecular complexity index is 1270. The minimum absolute atomic E-state index is 0.0904. The highest BCUT2D eigenvalue weighted by molar-refractivity contribution is 8.02. The lowest BCUT2D eigenvalue weighted by Gasteiger charge is -2.09. The van der Waals surface area contributed by atoms with Crippen LogP contribution in [0.3, 0.4) is 0 Å². The molecule has 0 aliphatic rings. The van der Waals surface area contributed by atoms with E-state index >= 15 is 0 Å². The Morgan fingerprint density at radius 2 is 2.07 bits per heavy atom. The van der Waals surface area contributed by atoms with Gasteiger partial charge in [0.1, 0.15) is 10.7 Å². The topological polar surface area (TPSA) is 108 Å². The molecular weight excluding hydrogens is 382 g/mol. The van der Waals surface area contributed by atoms with Gasteiger partial charge in [0.2, 0.25) is 10.9 Å². The molecule has 10 heteroatoms. The van der Waals surface area contributed by atoms with Crippen molar-refractivity contribution in [3.8, 4) is 0 Å². The molecule has 0 fully saturated rings. The van der Waals surface area contributed by atoms with Gasteiger partial charge in [-0.2, -0.15) is 0 Å². The first-order valence-corrected chi connectivity index (χ1v) is 9.42. The predicted molar refractivity (Wildman–Crippen MR) is 105 cm³/mol. The van der Waals surface area contributed by atoms with Crippen LogP contribution in [0.5, 0.6) is 0 Å². The maximum atomic E-state index is 12.8. The summed E-state index contributed by atoms with van der Waals surface area (Å²) in [4.78, 5) is 22.9. The number of thioether (sulfide) groups is 1. The van der Waals surface area contributed by atoms with Gasteiger partial charge in [0.15, 0.2) is 0 Å². The molecular formula is C18H15N5O4S. The lowest BCUT2D eigenvalue weighted by atomic mass is 10.2. The number of furan rings is 1. The molecule has 0 radical (unpaired) electrons. The zero-order valence-corrected chi connectivity index (χ0v) is 15.6. The van der Waals surface area contributed by atoms with Gasteiger partial charge in [-0.25, -0.2) is 0 Å². The minimum Gasteiger partial charge on any atom is -0.401 e. The van der Waals surface area contributed by atoms with Crippen molar-refractivity contribution >= 4 is 40.4 Å². The summed E-state index contributed by atoms with van der Waals surface area (Å²) < 4.78 is 8.56. The maximum absolute atomic E-state index is 12.8. The van der Waals surface area contributed by atoms with Crippen molar-refractivity contribution in [1.82, 2.24) is 19.2 Å². The Balaban J connectivity index is 1.76. The van der Waals surface area contributed by atoms with E-state index in [1.54, 1.807) is 22.1 Å². The van der Waals surface area contributed by atoms with Gasteiger partial charge in [0, 0.05) is 6.54 Å². The molecule has 0 unspecified atom stereocenters. The smallest absolute Gasteiger partial charge is 0.401 e. The summed E-state index contributed by atoms with van der Waals surface area (Å²) in [6, 6.07) is 10.1. The number of fused-ring (bicyclic) bond motifs is 3. The second kappa shape index (κ2) is 7.31. The summed E-state index contributed by atoms with van der Waals surface area (Å²) in [6.07, 6.45) is 2.41. The number of rotatable bonds is 6. The first-order valence-electron chi connectivity index (χ1n) is 8.54. The van der Waals surface area contributed by atoms with Crippen LogP contribution in [0.4, 0.5) is 5.88 Å². The average Bonchev–Trinajstić information content (AvgIpc) is 3.33. The summed E-state index contributed by atoms with van der Waals surface area (Å²) in [5.74, 6) is 0.531. The summed E-state index contributed by atoms with van der Waals surface area (Å²) in [5.41, 5.74) is 0.636. The van der Waals surface area contributed by atoms with E-state index in [0.29, 0.717) is 28.6 Å². The highest BCUT2D eigenvalue weighted by atomic mass is 32.2. The fourth-order valence-corrected chi connectivity index (χ4v) is 3.62. The third kappa shape index (κ3) is 3.07. The molecule has 3 heterocycles. The van der Waals surface area contributed by atoms with Crippen molar-refractivity contribution in [2.24, 2.45) is 0 Å². The molecule has 28 heavy (non-hydrogen) atoms. The number of hydrogen-bond donors (Lipinski definition) is 0. The maximum Gasteiger partial charge on any atom is 0.433 e. The molecule has 1 aromatic carbocycles. The largest absolute Gasteiger partial charge is 0.433 e. The molecule has 0 amide bonds. The Morgan fingerprint density at radius 1 is 1.25 bits per heavy atom. The highest BCUT2D eigenvalue weighted by Crippen LogP contribution is 2.24. The molecule has 4 aromatic rings. The Labute approximate surface area is 162 Å². The van der Waals surface area contributed by atoms with Crippen LogP contribution >= 0.6 is 11.8 Å². The lowest BCUT2D eigenvalue weighted by molar-refractivity contribution is -0.402. The van der Waals surface area contributed by atoms with Crippen LogP contribution in [0.2, 0.25) is 0 Å². The van der Waals surface area contributed by atoms with Crippen molar-refractivity contribution in [2.45, 2.75) is 25.0 Å². The van der Waals surface area contributed by atoms with Crippen LogP contribution in [0.1, 0.15) is 19.1 Å². The molecule has 0 N–H and O–H groups in total. The van der Waals surface area contributed by atoms with Gasteiger partial charge < -0.3 is 4.42 Å². The van der Waals surface area contributed by atoms with E-state index in [-0.39, 0.29) is 11.4 Å². The SMILES string of the molecule is CCCn1c(=O)c2ccccc2n2c(S/C=C/c3ccc([N+](=O)[O-])o3)nnc12. The van der Waals surface area contributed by atoms with Gasteiger partial charge in [-0.1, -0.05) is 30.8 Å². The monoisotopic (exact) mass is 397 g/mol. The molecule has 0 aliphatic heterocycles. The number of benzene rings is 1. The van der Waals surface area contributed by atoms with Gasteiger partial charge >= 0.3 is 5.88 Å². The molecule has 9 nitrogen and oxygen atoms in total.